The third-order valence-corrected chi connectivity index (χ3v) is 5.35. The minimum absolute atomic E-state index is 0. The molecule has 1 fully saturated rings. The lowest BCUT2D eigenvalue weighted by Gasteiger charge is -2.37. The Labute approximate surface area is 182 Å². The molecule has 1 aliphatic heterocycles. The Morgan fingerprint density at radius 1 is 1.26 bits per heavy atom. The van der Waals surface area contributed by atoms with Gasteiger partial charge in [0.25, 0.3) is 5.91 Å². The number of rotatable bonds is 5. The van der Waals surface area contributed by atoms with E-state index in [2.05, 4.69) is 27.9 Å². The molecule has 0 saturated carbocycles. The topological polar surface area (TPSA) is 75.4 Å². The van der Waals surface area contributed by atoms with E-state index in [1.165, 1.54) is 16.9 Å². The van der Waals surface area contributed by atoms with Crippen LogP contribution in [0, 0.1) is 0 Å². The maximum atomic E-state index is 12.6. The molecule has 0 aromatic carbocycles. The highest BCUT2D eigenvalue weighted by Gasteiger charge is 2.26. The number of carbonyl (C=O) groups is 1. The maximum absolute atomic E-state index is 12.6. The van der Waals surface area contributed by atoms with Crippen molar-refractivity contribution in [2.45, 2.75) is 19.4 Å². The van der Waals surface area contributed by atoms with Gasteiger partial charge in [0.05, 0.1) is 5.01 Å². The molecule has 1 atom stereocenters. The number of thiazole rings is 1. The van der Waals surface area contributed by atoms with Crippen LogP contribution in [0.1, 0.15) is 34.0 Å². The number of nitrogens with two attached hydrogens (primary N) is 1. The second-order valence-electron chi connectivity index (χ2n) is 5.96. The fourth-order valence-electron chi connectivity index (χ4n) is 2.96. The molecule has 1 aliphatic rings. The van der Waals surface area contributed by atoms with Crippen LogP contribution in [0.2, 0.25) is 0 Å². The van der Waals surface area contributed by atoms with Gasteiger partial charge in [0.1, 0.15) is 5.69 Å². The van der Waals surface area contributed by atoms with Crippen LogP contribution in [-0.2, 0) is 6.42 Å². The van der Waals surface area contributed by atoms with Crippen molar-refractivity contribution in [2.24, 2.45) is 5.73 Å². The SMILES string of the molecule is CC(c1cccnc1)N1CCN(C(=O)c2csc(CCN)n2)CC1.Cl.Cl.Cl. The normalized spacial score (nSPS) is 15.1. The van der Waals surface area contributed by atoms with Crippen molar-refractivity contribution in [3.05, 3.63) is 46.2 Å². The van der Waals surface area contributed by atoms with Crippen LogP contribution in [0.3, 0.4) is 0 Å². The average Bonchev–Trinajstić information content (AvgIpc) is 3.10. The monoisotopic (exact) mass is 453 g/mol. The molecule has 1 unspecified atom stereocenters. The molecule has 10 heteroatoms. The van der Waals surface area contributed by atoms with Crippen LogP contribution < -0.4 is 5.73 Å². The summed E-state index contributed by atoms with van der Waals surface area (Å²) in [6.07, 6.45) is 4.43. The Kier molecular flexibility index (Phi) is 12.0. The van der Waals surface area contributed by atoms with Crippen molar-refractivity contribution in [3.8, 4) is 0 Å². The Balaban J connectivity index is 0.00000225. The second-order valence-corrected chi connectivity index (χ2v) is 6.90. The standard InChI is InChI=1S/C17H23N5OS.3ClH/c1-13(14-3-2-6-19-11-14)21-7-9-22(10-8-21)17(23)15-12-24-16(20-15)4-5-18;;;/h2-3,6,11-13H,4-5,7-10,18H2,1H3;3*1H. The van der Waals surface area contributed by atoms with E-state index < -0.39 is 0 Å². The number of halogens is 3. The number of hydrogen-bond acceptors (Lipinski definition) is 6. The van der Waals surface area contributed by atoms with E-state index in [4.69, 9.17) is 5.73 Å². The van der Waals surface area contributed by atoms with Crippen molar-refractivity contribution in [3.63, 3.8) is 0 Å². The summed E-state index contributed by atoms with van der Waals surface area (Å²) in [7, 11) is 0. The van der Waals surface area contributed by atoms with Crippen LogP contribution >= 0.6 is 48.6 Å². The number of aromatic nitrogens is 2. The number of piperazine rings is 1. The van der Waals surface area contributed by atoms with E-state index in [-0.39, 0.29) is 43.1 Å². The number of hydrogen-bond donors (Lipinski definition) is 1. The Morgan fingerprint density at radius 3 is 2.56 bits per heavy atom. The highest BCUT2D eigenvalue weighted by atomic mass is 35.5. The molecule has 2 aromatic rings. The van der Waals surface area contributed by atoms with Crippen molar-refractivity contribution >= 4 is 54.5 Å². The molecule has 2 N–H and O–H groups in total. The fourth-order valence-corrected chi connectivity index (χ4v) is 3.74. The molecular weight excluding hydrogens is 429 g/mol. The van der Waals surface area contributed by atoms with Crippen LogP contribution in [0.5, 0.6) is 0 Å². The first-order valence-electron chi connectivity index (χ1n) is 8.26. The van der Waals surface area contributed by atoms with Crippen molar-refractivity contribution in [1.82, 2.24) is 19.8 Å². The molecule has 0 aliphatic carbocycles. The number of amides is 1. The van der Waals surface area contributed by atoms with Gasteiger partial charge in [-0.05, 0) is 25.1 Å². The van der Waals surface area contributed by atoms with E-state index in [0.717, 1.165) is 37.6 Å². The molecule has 3 heterocycles. The minimum Gasteiger partial charge on any atom is -0.335 e. The first-order valence-corrected chi connectivity index (χ1v) is 9.14. The number of nitrogens with zero attached hydrogens (tertiary/aromatic N) is 4. The van der Waals surface area contributed by atoms with E-state index in [0.29, 0.717) is 18.3 Å². The van der Waals surface area contributed by atoms with Gasteiger partial charge in [0.2, 0.25) is 0 Å². The molecule has 0 radical (unpaired) electrons. The summed E-state index contributed by atoms with van der Waals surface area (Å²) in [4.78, 5) is 25.5. The van der Waals surface area contributed by atoms with Gasteiger partial charge in [-0.1, -0.05) is 6.07 Å². The molecule has 1 saturated heterocycles. The van der Waals surface area contributed by atoms with Gasteiger partial charge in [0.15, 0.2) is 0 Å². The average molecular weight is 455 g/mol. The van der Waals surface area contributed by atoms with Crippen LogP contribution in [-0.4, -0.2) is 58.4 Å². The summed E-state index contributed by atoms with van der Waals surface area (Å²) in [6, 6.07) is 4.38. The number of carbonyl (C=O) groups excluding carboxylic acids is 1. The Morgan fingerprint density at radius 2 is 1.96 bits per heavy atom. The fraction of sp³-hybridized carbons (Fsp3) is 0.471. The van der Waals surface area contributed by atoms with E-state index in [1.807, 2.05) is 22.5 Å². The third kappa shape index (κ3) is 6.55. The first kappa shape index (κ1) is 26.0. The summed E-state index contributed by atoms with van der Waals surface area (Å²) in [5.74, 6) is 0.0307. The Bertz CT molecular complexity index is 680. The molecule has 0 bridgehead atoms. The van der Waals surface area contributed by atoms with Gasteiger partial charge < -0.3 is 10.6 Å². The summed E-state index contributed by atoms with van der Waals surface area (Å²) >= 11 is 1.51. The van der Waals surface area contributed by atoms with Gasteiger partial charge in [0, 0.05) is 56.4 Å². The van der Waals surface area contributed by atoms with E-state index in [1.54, 1.807) is 6.20 Å². The highest BCUT2D eigenvalue weighted by molar-refractivity contribution is 7.09. The quantitative estimate of drug-likeness (QED) is 0.752. The zero-order valence-corrected chi connectivity index (χ0v) is 18.4. The van der Waals surface area contributed by atoms with Crippen molar-refractivity contribution in [2.75, 3.05) is 32.7 Å². The highest BCUT2D eigenvalue weighted by Crippen LogP contribution is 2.21. The van der Waals surface area contributed by atoms with E-state index in [9.17, 15) is 4.79 Å². The molecule has 6 nitrogen and oxygen atoms in total. The lowest BCUT2D eigenvalue weighted by atomic mass is 10.1. The minimum atomic E-state index is 0. The molecule has 0 spiro atoms. The molecule has 152 valence electrons. The van der Waals surface area contributed by atoms with Crippen molar-refractivity contribution < 1.29 is 4.79 Å². The molecule has 27 heavy (non-hydrogen) atoms. The predicted molar refractivity (Wildman–Crippen MR) is 117 cm³/mol. The molecule has 3 rings (SSSR count). The van der Waals surface area contributed by atoms with Gasteiger partial charge in [-0.2, -0.15) is 0 Å². The summed E-state index contributed by atoms with van der Waals surface area (Å²) in [6.45, 7) is 5.93. The zero-order chi connectivity index (χ0) is 16.9. The molecule has 2 aromatic heterocycles. The van der Waals surface area contributed by atoms with Crippen LogP contribution in [0.15, 0.2) is 29.9 Å². The van der Waals surface area contributed by atoms with Gasteiger partial charge in [-0.3, -0.25) is 14.7 Å². The van der Waals surface area contributed by atoms with Gasteiger partial charge in [-0.15, -0.1) is 48.6 Å². The summed E-state index contributed by atoms with van der Waals surface area (Å²) in [5.41, 5.74) is 7.31. The summed E-state index contributed by atoms with van der Waals surface area (Å²) < 4.78 is 0. The van der Waals surface area contributed by atoms with Crippen LogP contribution in [0.4, 0.5) is 0 Å². The number of pyridine rings is 1. The smallest absolute Gasteiger partial charge is 0.273 e. The summed E-state index contributed by atoms with van der Waals surface area (Å²) in [5, 5.41) is 2.78. The Hall–Kier alpha value is -0.960. The zero-order valence-electron chi connectivity index (χ0n) is 15.1. The second kappa shape index (κ2) is 12.5. The predicted octanol–water partition coefficient (Wildman–Crippen LogP) is 2.82. The third-order valence-electron chi connectivity index (χ3n) is 4.45. The molecule has 1 amide bonds. The lowest BCUT2D eigenvalue weighted by molar-refractivity contribution is 0.0577. The van der Waals surface area contributed by atoms with Crippen LogP contribution in [0.25, 0.3) is 0 Å². The van der Waals surface area contributed by atoms with E-state index >= 15 is 0 Å². The largest absolute Gasteiger partial charge is 0.335 e. The molecular formula is C17H26Cl3N5OS. The maximum Gasteiger partial charge on any atom is 0.273 e. The lowest BCUT2D eigenvalue weighted by Crippen LogP contribution is -2.49. The first-order chi connectivity index (χ1) is 11.7. The van der Waals surface area contributed by atoms with Crippen molar-refractivity contribution in [1.29, 1.82) is 0 Å². The van der Waals surface area contributed by atoms with Gasteiger partial charge >= 0.3 is 0 Å². The van der Waals surface area contributed by atoms with Gasteiger partial charge in [-0.25, -0.2) is 4.98 Å².